The first kappa shape index (κ1) is 67.6. The van der Waals surface area contributed by atoms with Gasteiger partial charge in [-0.1, -0.05) is 58.6 Å². The van der Waals surface area contributed by atoms with Crippen molar-refractivity contribution in [3.8, 4) is 0 Å². The normalized spacial score (nSPS) is 27.3. The average molecular weight is 1120 g/mol. The number of amides is 13. The van der Waals surface area contributed by atoms with Gasteiger partial charge in [-0.05, 0) is 71.8 Å². The minimum Gasteiger partial charge on any atom is -0.391 e. The van der Waals surface area contributed by atoms with E-state index >= 15 is 0 Å². The molecule has 0 spiro atoms. The third kappa shape index (κ3) is 20.7. The van der Waals surface area contributed by atoms with E-state index in [0.717, 1.165) is 68.5 Å². The van der Waals surface area contributed by atoms with Crippen molar-refractivity contribution in [3.63, 3.8) is 0 Å². The molecule has 79 heavy (non-hydrogen) atoms. The molecule has 0 aromatic rings. The number of nitrogens with two attached hydrogens (primary N) is 4. The standard InChI is InChI=1S/C50H82N14O15/c1-9-28-42(71)58-30(21-34(52)66)44(73)55-26(6)41(70)62-39(27(7)65)50(79)63(8)33(23-36(54)68)49(78)64-20-16-18-32(64)46(75)61-38(25(5)17-14-12-11-13-15-19-51)40(69)48(77)60-37(24(3)4)47(76)57-29(10-2)43(72)59-31(22-35(53)67)45(74)56-28/h9-10,24-27,30-33,37-40,65,69H,11-23,51H2,1-8H3,(H2,52,66)(H2,53,67)(H2,54,68)(H,55,73)(H,56,74)(H,57,76)(H,58,71)(H,59,72)(H,60,77)(H,61,75)(H,62,70)/b28-9+,29-10+/t25-,26+,27+,30-,31-,32-,33-,37-,38+,39-,40+/m0/s1. The number of fused-ring (bicyclic) bond motifs is 1. The summed E-state index contributed by atoms with van der Waals surface area (Å²) in [6, 6.07) is -13.0. The number of primary amides is 3. The molecule has 2 rings (SSSR count). The maximum atomic E-state index is 14.5. The molecule has 0 bridgehead atoms. The van der Waals surface area contributed by atoms with E-state index in [9.17, 15) is 72.5 Å². The second-order valence-corrected chi connectivity index (χ2v) is 20.1. The summed E-state index contributed by atoms with van der Waals surface area (Å²) in [7, 11) is 1.09. The molecule has 11 atom stereocenters. The molecule has 0 aromatic carbocycles. The molecule has 0 saturated carbocycles. The Hall–Kier alpha value is -7.53. The molecule has 0 unspecified atom stereocenters. The SMILES string of the molecule is C/C=C1/NC(=O)[C@H](CC(N)=O)NC(=O)/C(=C\C)NC(=O)[C@H](C(C)C)NC(=O)[C@H](O)[C@@H]([C@@H](C)CCCCCCCN)NC(=O)[C@@H]2CCCN2C(=O)[C@H](CC(N)=O)N(C)C(=O)[C@H]([C@@H](C)O)NC(=O)[C@@H](C)NC(=O)[C@H](CC(N)=O)NC1=O. The summed E-state index contributed by atoms with van der Waals surface area (Å²) in [6.45, 7) is 10.1. The monoisotopic (exact) mass is 1120 g/mol. The number of hydrogen-bond acceptors (Lipinski definition) is 16. The van der Waals surface area contributed by atoms with Crippen LogP contribution >= 0.6 is 0 Å². The van der Waals surface area contributed by atoms with E-state index in [2.05, 4.69) is 42.5 Å². The summed E-state index contributed by atoms with van der Waals surface area (Å²) >= 11 is 0. The van der Waals surface area contributed by atoms with Gasteiger partial charge in [-0.2, -0.15) is 0 Å². The van der Waals surface area contributed by atoms with E-state index in [0.29, 0.717) is 19.4 Å². The summed E-state index contributed by atoms with van der Waals surface area (Å²) in [5, 5.41) is 41.5. The number of carbonyl (C=O) groups is 13. The van der Waals surface area contributed by atoms with Gasteiger partial charge < -0.3 is 85.5 Å². The highest BCUT2D eigenvalue weighted by molar-refractivity contribution is 6.05. The van der Waals surface area contributed by atoms with E-state index in [4.69, 9.17) is 22.9 Å². The maximum absolute atomic E-state index is 14.5. The van der Waals surface area contributed by atoms with Crippen molar-refractivity contribution in [2.24, 2.45) is 34.8 Å². The van der Waals surface area contributed by atoms with Crippen LogP contribution in [-0.4, -0.2) is 177 Å². The van der Waals surface area contributed by atoms with Gasteiger partial charge in [0.1, 0.15) is 53.7 Å². The van der Waals surface area contributed by atoms with E-state index in [1.165, 1.54) is 13.8 Å². The quantitative estimate of drug-likeness (QED) is 0.0507. The van der Waals surface area contributed by atoms with Gasteiger partial charge in [0.2, 0.25) is 59.1 Å². The van der Waals surface area contributed by atoms with Crippen LogP contribution in [0.5, 0.6) is 0 Å². The molecule has 2 saturated heterocycles. The molecule has 29 heteroatoms. The number of likely N-dealkylation sites (N-methyl/N-ethyl adjacent to an activating group) is 1. The number of allylic oxidation sites excluding steroid dienone is 2. The number of aliphatic hydroxyl groups is 2. The molecular formula is C50H82N14O15. The number of nitrogens with zero attached hydrogens (tertiary/aromatic N) is 2. The third-order valence-corrected chi connectivity index (χ3v) is 13.4. The van der Waals surface area contributed by atoms with Crippen LogP contribution in [0, 0.1) is 11.8 Å². The number of rotatable bonds is 16. The number of unbranched alkanes of at least 4 members (excludes halogenated alkanes) is 4. The van der Waals surface area contributed by atoms with Crippen LogP contribution in [0.1, 0.15) is 119 Å². The lowest BCUT2D eigenvalue weighted by molar-refractivity contribution is -0.151. The Morgan fingerprint density at radius 3 is 1.65 bits per heavy atom. The highest BCUT2D eigenvalue weighted by atomic mass is 16.3. The Labute approximate surface area is 458 Å². The summed E-state index contributed by atoms with van der Waals surface area (Å²) in [5.41, 5.74) is 20.9. The van der Waals surface area contributed by atoms with Gasteiger partial charge in [0, 0.05) is 13.6 Å². The summed E-state index contributed by atoms with van der Waals surface area (Å²) < 4.78 is 0. The van der Waals surface area contributed by atoms with Crippen molar-refractivity contribution in [3.05, 3.63) is 23.5 Å². The minimum absolute atomic E-state index is 0.0455. The zero-order chi connectivity index (χ0) is 60.0. The third-order valence-electron chi connectivity index (χ3n) is 13.4. The molecule has 2 fully saturated rings. The van der Waals surface area contributed by atoms with Gasteiger partial charge in [0.25, 0.3) is 17.7 Å². The topological polar surface area (TPSA) is 469 Å². The van der Waals surface area contributed by atoms with Crippen molar-refractivity contribution in [1.29, 1.82) is 0 Å². The predicted octanol–water partition coefficient (Wildman–Crippen LogP) is -5.25. The number of hydrogen-bond donors (Lipinski definition) is 14. The lowest BCUT2D eigenvalue weighted by atomic mass is 9.90. The molecule has 13 amide bonds. The Kier molecular flexibility index (Phi) is 27.7. The van der Waals surface area contributed by atoms with E-state index in [1.54, 1.807) is 20.8 Å². The highest BCUT2D eigenvalue weighted by Crippen LogP contribution is 2.24. The lowest BCUT2D eigenvalue weighted by Gasteiger charge is -2.36. The average Bonchev–Trinajstić information content (AvgIpc) is 3.88. The van der Waals surface area contributed by atoms with Gasteiger partial charge in [-0.15, -0.1) is 0 Å². The van der Waals surface area contributed by atoms with Gasteiger partial charge in [0.05, 0.1) is 31.4 Å². The largest absolute Gasteiger partial charge is 0.391 e. The highest BCUT2D eigenvalue weighted by Gasteiger charge is 2.44. The predicted molar refractivity (Wildman–Crippen MR) is 282 cm³/mol. The lowest BCUT2D eigenvalue weighted by Crippen LogP contribution is -2.62. The van der Waals surface area contributed by atoms with E-state index in [-0.39, 0.29) is 19.4 Å². The Morgan fingerprint density at radius 2 is 1.14 bits per heavy atom. The first-order chi connectivity index (χ1) is 37.0. The van der Waals surface area contributed by atoms with E-state index in [1.807, 2.05) is 0 Å². The zero-order valence-electron chi connectivity index (χ0n) is 46.2. The van der Waals surface area contributed by atoms with Crippen molar-refractivity contribution in [2.45, 2.75) is 180 Å². The zero-order valence-corrected chi connectivity index (χ0v) is 46.2. The van der Waals surface area contributed by atoms with Crippen molar-refractivity contribution >= 4 is 76.8 Å². The van der Waals surface area contributed by atoms with Gasteiger partial charge in [-0.25, -0.2) is 0 Å². The summed E-state index contributed by atoms with van der Waals surface area (Å²) in [6.07, 6.45) is 0.430. The van der Waals surface area contributed by atoms with Gasteiger partial charge >= 0.3 is 0 Å². The van der Waals surface area contributed by atoms with Crippen LogP contribution in [0.25, 0.3) is 0 Å². The van der Waals surface area contributed by atoms with Gasteiger partial charge in [-0.3, -0.25) is 62.3 Å². The smallest absolute Gasteiger partial charge is 0.268 e. The fourth-order valence-electron chi connectivity index (χ4n) is 8.79. The number of aliphatic hydroxyl groups excluding tert-OH is 2. The van der Waals surface area contributed by atoms with Crippen LogP contribution in [-0.2, 0) is 62.3 Å². The summed E-state index contributed by atoms with van der Waals surface area (Å²) in [5.74, 6) is -15.5. The molecule has 2 aliphatic heterocycles. The van der Waals surface area contributed by atoms with Crippen LogP contribution < -0.4 is 65.5 Å². The van der Waals surface area contributed by atoms with E-state index < -0.39 is 180 Å². The van der Waals surface area contributed by atoms with Crippen molar-refractivity contribution in [1.82, 2.24) is 52.3 Å². The van der Waals surface area contributed by atoms with Crippen molar-refractivity contribution in [2.75, 3.05) is 20.1 Å². The van der Waals surface area contributed by atoms with Crippen LogP contribution in [0.4, 0.5) is 0 Å². The molecule has 18 N–H and O–H groups in total. The Bertz CT molecular complexity index is 2330. The van der Waals surface area contributed by atoms with Crippen LogP contribution in [0.2, 0.25) is 0 Å². The molecule has 0 aromatic heterocycles. The molecule has 29 nitrogen and oxygen atoms in total. The van der Waals surface area contributed by atoms with Crippen molar-refractivity contribution < 1.29 is 72.5 Å². The number of nitrogens with one attached hydrogen (secondary N) is 8. The Morgan fingerprint density at radius 1 is 0.633 bits per heavy atom. The fraction of sp³-hybridized carbons (Fsp3) is 0.660. The van der Waals surface area contributed by atoms with Crippen LogP contribution in [0.15, 0.2) is 23.5 Å². The molecule has 2 heterocycles. The molecule has 442 valence electrons. The van der Waals surface area contributed by atoms with Gasteiger partial charge in [0.15, 0.2) is 6.10 Å². The fourth-order valence-corrected chi connectivity index (χ4v) is 8.79. The minimum atomic E-state index is -2.04. The molecule has 2 aliphatic rings. The number of carbonyl (C=O) groups excluding carboxylic acids is 13. The second-order valence-electron chi connectivity index (χ2n) is 20.1. The molecule has 0 radical (unpaired) electrons. The van der Waals surface area contributed by atoms with Crippen LogP contribution in [0.3, 0.4) is 0 Å². The maximum Gasteiger partial charge on any atom is 0.268 e. The first-order valence-electron chi connectivity index (χ1n) is 26.3. The summed E-state index contributed by atoms with van der Waals surface area (Å²) in [4.78, 5) is 178. The Balaban J connectivity index is 2.81. The second kappa shape index (κ2) is 32.4. The first-order valence-corrected chi connectivity index (χ1v) is 26.3. The molecular weight excluding hydrogens is 1040 g/mol. The molecule has 0 aliphatic carbocycles.